The lowest BCUT2D eigenvalue weighted by atomic mass is 9.95. The van der Waals surface area contributed by atoms with Crippen LogP contribution in [-0.2, 0) is 9.53 Å². The Morgan fingerprint density at radius 2 is 1.73 bits per heavy atom. The number of esters is 1. The van der Waals surface area contributed by atoms with Gasteiger partial charge in [0.1, 0.15) is 0 Å². The molecule has 0 aromatic heterocycles. The number of hydrogen-bond acceptors (Lipinski definition) is 6. The zero-order chi connectivity index (χ0) is 19.4. The number of methoxy groups -OCH3 is 1. The van der Waals surface area contributed by atoms with Crippen molar-refractivity contribution in [3.63, 3.8) is 0 Å². The van der Waals surface area contributed by atoms with Gasteiger partial charge in [0, 0.05) is 25.8 Å². The fourth-order valence-electron chi connectivity index (χ4n) is 2.98. The molecule has 1 N–H and O–H groups in total. The van der Waals surface area contributed by atoms with E-state index in [1.54, 1.807) is 0 Å². The summed E-state index contributed by atoms with van der Waals surface area (Å²) in [5.74, 6) is -0.0230. The minimum absolute atomic E-state index is 0.145. The van der Waals surface area contributed by atoms with Gasteiger partial charge in [0.25, 0.3) is 0 Å². The maximum atomic E-state index is 12.1. The summed E-state index contributed by atoms with van der Waals surface area (Å²) in [7, 11) is 5.20. The van der Waals surface area contributed by atoms with Gasteiger partial charge in [0.2, 0.25) is 10.9 Å². The molecular weight excluding hydrogens is 332 g/mol. The standard InChI is InChI=1S/C20H26N2O4/c1-12(2)10-14(11-16(23)26-5)21-18-17(19(24)20(18)25)13-6-8-15(9-7-13)22(3)4/h6-9,12,14,21H,10-11H2,1-5H3. The van der Waals surface area contributed by atoms with Crippen molar-refractivity contribution in [3.8, 4) is 11.1 Å². The van der Waals surface area contributed by atoms with Crippen LogP contribution in [0.1, 0.15) is 26.7 Å². The summed E-state index contributed by atoms with van der Waals surface area (Å²) in [4.78, 5) is 37.8. The molecule has 0 aliphatic carbocycles. The highest BCUT2D eigenvalue weighted by molar-refractivity contribution is 5.83. The van der Waals surface area contributed by atoms with E-state index >= 15 is 0 Å². The Kier molecular flexibility index (Phi) is 6.18. The van der Waals surface area contributed by atoms with Gasteiger partial charge in [0.15, 0.2) is 0 Å². The van der Waals surface area contributed by atoms with Gasteiger partial charge in [-0.1, -0.05) is 26.0 Å². The first kappa shape index (κ1) is 19.7. The zero-order valence-electron chi connectivity index (χ0n) is 16.0. The third-order valence-corrected chi connectivity index (χ3v) is 4.33. The molecule has 140 valence electrons. The zero-order valence-corrected chi connectivity index (χ0v) is 16.0. The number of carbonyl (C=O) groups is 1. The molecule has 0 radical (unpaired) electrons. The number of benzene rings is 1. The van der Waals surface area contributed by atoms with Crippen molar-refractivity contribution in [2.24, 2.45) is 5.92 Å². The third-order valence-electron chi connectivity index (χ3n) is 4.33. The van der Waals surface area contributed by atoms with Gasteiger partial charge in [-0.05, 0) is 30.0 Å². The Hall–Kier alpha value is -2.63. The molecule has 2 aromatic rings. The Morgan fingerprint density at radius 3 is 2.23 bits per heavy atom. The van der Waals surface area contributed by atoms with E-state index in [0.29, 0.717) is 29.2 Å². The lowest BCUT2D eigenvalue weighted by Crippen LogP contribution is -2.39. The molecule has 0 amide bonds. The topological polar surface area (TPSA) is 75.7 Å². The quantitative estimate of drug-likeness (QED) is 0.577. The summed E-state index contributed by atoms with van der Waals surface area (Å²) in [5, 5.41) is 3.11. The second-order valence-electron chi connectivity index (χ2n) is 7.10. The predicted octanol–water partition coefficient (Wildman–Crippen LogP) is 2.41. The summed E-state index contributed by atoms with van der Waals surface area (Å²) < 4.78 is 4.74. The van der Waals surface area contributed by atoms with Gasteiger partial charge >= 0.3 is 5.97 Å². The number of carbonyl (C=O) groups excluding carboxylic acids is 1. The molecule has 0 aliphatic heterocycles. The van der Waals surface area contributed by atoms with Crippen LogP contribution >= 0.6 is 0 Å². The van der Waals surface area contributed by atoms with Crippen LogP contribution in [-0.4, -0.2) is 33.2 Å². The van der Waals surface area contributed by atoms with Gasteiger partial charge in [-0.2, -0.15) is 0 Å². The Balaban J connectivity index is 2.29. The first-order valence-electron chi connectivity index (χ1n) is 8.69. The maximum Gasteiger partial charge on any atom is 0.307 e. The lowest BCUT2D eigenvalue weighted by molar-refractivity contribution is -0.140. The monoisotopic (exact) mass is 358 g/mol. The fourth-order valence-corrected chi connectivity index (χ4v) is 2.98. The normalized spacial score (nSPS) is 12.2. The molecule has 6 nitrogen and oxygen atoms in total. The maximum absolute atomic E-state index is 12.1. The van der Waals surface area contributed by atoms with Crippen molar-refractivity contribution in [2.75, 3.05) is 31.4 Å². The SMILES string of the molecule is COC(=O)CC(CC(C)C)Nc1c(-c2ccc(N(C)C)cc2)c(=O)c1=O. The minimum Gasteiger partial charge on any atom is -0.469 e. The lowest BCUT2D eigenvalue weighted by Gasteiger charge is -2.23. The van der Waals surface area contributed by atoms with Crippen LogP contribution in [0, 0.1) is 5.92 Å². The number of anilines is 2. The van der Waals surface area contributed by atoms with Crippen molar-refractivity contribution in [1.82, 2.24) is 0 Å². The highest BCUT2D eigenvalue weighted by atomic mass is 16.5. The predicted molar refractivity (Wildman–Crippen MR) is 105 cm³/mol. The minimum atomic E-state index is -0.532. The van der Waals surface area contributed by atoms with Crippen LogP contribution < -0.4 is 21.1 Å². The van der Waals surface area contributed by atoms with E-state index in [-0.39, 0.29) is 18.4 Å². The van der Waals surface area contributed by atoms with E-state index in [1.807, 2.05) is 57.1 Å². The van der Waals surface area contributed by atoms with Crippen LogP contribution in [0.2, 0.25) is 0 Å². The first-order chi connectivity index (χ1) is 12.2. The van der Waals surface area contributed by atoms with Crippen molar-refractivity contribution in [1.29, 1.82) is 0 Å². The second kappa shape index (κ2) is 8.17. The summed E-state index contributed by atoms with van der Waals surface area (Å²) >= 11 is 0. The molecule has 26 heavy (non-hydrogen) atoms. The molecule has 0 heterocycles. The van der Waals surface area contributed by atoms with Crippen LogP contribution in [0.3, 0.4) is 0 Å². The molecule has 0 spiro atoms. The molecule has 0 saturated carbocycles. The first-order valence-corrected chi connectivity index (χ1v) is 8.69. The molecule has 0 saturated heterocycles. The smallest absolute Gasteiger partial charge is 0.307 e. The van der Waals surface area contributed by atoms with E-state index in [0.717, 1.165) is 5.69 Å². The van der Waals surface area contributed by atoms with Crippen molar-refractivity contribution in [2.45, 2.75) is 32.7 Å². The molecule has 2 aromatic carbocycles. The summed E-state index contributed by atoms with van der Waals surface area (Å²) in [6.07, 6.45) is 0.833. The Labute approximate surface area is 153 Å². The fraction of sp³-hybridized carbons (Fsp3) is 0.450. The number of rotatable bonds is 8. The van der Waals surface area contributed by atoms with Crippen molar-refractivity contribution < 1.29 is 9.53 Å². The van der Waals surface area contributed by atoms with Gasteiger partial charge in [-0.25, -0.2) is 0 Å². The molecule has 2 rings (SSSR count). The molecule has 0 fully saturated rings. The van der Waals surface area contributed by atoms with Gasteiger partial charge in [0.05, 0.1) is 24.8 Å². The van der Waals surface area contributed by atoms with E-state index in [2.05, 4.69) is 5.32 Å². The van der Waals surface area contributed by atoms with E-state index < -0.39 is 10.9 Å². The highest BCUT2D eigenvalue weighted by Crippen LogP contribution is 2.27. The Morgan fingerprint density at radius 1 is 1.12 bits per heavy atom. The number of ether oxygens (including phenoxy) is 1. The molecule has 0 bridgehead atoms. The van der Waals surface area contributed by atoms with Crippen LogP contribution in [0.5, 0.6) is 0 Å². The third kappa shape index (κ3) is 4.31. The van der Waals surface area contributed by atoms with E-state index in [1.165, 1.54) is 7.11 Å². The number of hydrogen-bond donors (Lipinski definition) is 1. The van der Waals surface area contributed by atoms with Crippen molar-refractivity contribution >= 4 is 17.3 Å². The highest BCUT2D eigenvalue weighted by Gasteiger charge is 2.26. The second-order valence-corrected chi connectivity index (χ2v) is 7.10. The molecule has 1 atom stereocenters. The number of nitrogens with one attached hydrogen (secondary N) is 1. The van der Waals surface area contributed by atoms with Gasteiger partial charge in [-0.15, -0.1) is 0 Å². The average Bonchev–Trinajstić information content (AvgIpc) is 2.60. The summed E-state index contributed by atoms with van der Waals surface area (Å²) in [6.45, 7) is 4.07. The van der Waals surface area contributed by atoms with E-state index in [9.17, 15) is 14.4 Å². The van der Waals surface area contributed by atoms with Gasteiger partial charge in [-0.3, -0.25) is 14.4 Å². The molecule has 0 aliphatic rings. The number of nitrogens with zero attached hydrogens (tertiary/aromatic N) is 1. The van der Waals surface area contributed by atoms with E-state index in [4.69, 9.17) is 4.74 Å². The average molecular weight is 358 g/mol. The van der Waals surface area contributed by atoms with Crippen LogP contribution in [0.25, 0.3) is 11.1 Å². The Bertz CT molecular complexity index is 831. The van der Waals surface area contributed by atoms with Crippen LogP contribution in [0.4, 0.5) is 11.4 Å². The molecular formula is C20H26N2O4. The van der Waals surface area contributed by atoms with Gasteiger partial charge < -0.3 is 15.0 Å². The summed E-state index contributed by atoms with van der Waals surface area (Å²) in [6, 6.07) is 7.19. The summed E-state index contributed by atoms with van der Waals surface area (Å²) in [5.41, 5.74) is 1.36. The van der Waals surface area contributed by atoms with Crippen molar-refractivity contribution in [3.05, 3.63) is 44.7 Å². The molecule has 6 heteroatoms. The largest absolute Gasteiger partial charge is 0.469 e. The molecule has 1 unspecified atom stereocenters. The van der Waals surface area contributed by atoms with Crippen LogP contribution in [0.15, 0.2) is 33.9 Å².